The van der Waals surface area contributed by atoms with E-state index in [1.807, 2.05) is 0 Å². The summed E-state index contributed by atoms with van der Waals surface area (Å²) in [4.78, 5) is 0. The highest BCUT2D eigenvalue weighted by molar-refractivity contribution is 5.49. The lowest BCUT2D eigenvalue weighted by molar-refractivity contribution is 0.181. The molecule has 2 aliphatic heterocycles. The molecule has 2 atom stereocenters. The van der Waals surface area contributed by atoms with E-state index < -0.39 is 11.3 Å². The molecule has 0 aromatic carbocycles. The van der Waals surface area contributed by atoms with Gasteiger partial charge in [-0.15, -0.1) is 0 Å². The van der Waals surface area contributed by atoms with Crippen LogP contribution in [0.2, 0.25) is 0 Å². The van der Waals surface area contributed by atoms with Crippen molar-refractivity contribution in [1.82, 2.24) is 9.46 Å². The van der Waals surface area contributed by atoms with Crippen molar-refractivity contribution in [2.24, 2.45) is 22.9 Å². The highest BCUT2D eigenvalue weighted by Crippen LogP contribution is 2.46. The number of fused-ring (bicyclic) bond motifs is 2. The Morgan fingerprint density at radius 2 is 1.00 bits per heavy atom. The number of ether oxygens (including phenoxy) is 4. The van der Waals surface area contributed by atoms with Crippen molar-refractivity contribution in [3.63, 3.8) is 0 Å². The molecule has 2 aromatic heterocycles. The van der Waals surface area contributed by atoms with E-state index in [0.717, 1.165) is 54.4 Å². The van der Waals surface area contributed by atoms with Crippen LogP contribution in [0.3, 0.4) is 0 Å². The van der Waals surface area contributed by atoms with Gasteiger partial charge in [0, 0.05) is 24.2 Å². The van der Waals surface area contributed by atoms with Gasteiger partial charge in [0.15, 0.2) is 23.0 Å². The molecular formula is C23H34N6O6-2. The zero-order chi connectivity index (χ0) is 24.8. The molecule has 0 spiro atoms. The minimum atomic E-state index is -1.12. The van der Waals surface area contributed by atoms with Gasteiger partial charge >= 0.3 is 0 Å². The molecule has 3 aliphatic rings. The van der Waals surface area contributed by atoms with Crippen molar-refractivity contribution in [3.05, 3.63) is 34.2 Å². The number of nitrogens with zero attached hydrogens (tertiary/aromatic N) is 2. The fourth-order valence-electron chi connectivity index (χ4n) is 5.30. The summed E-state index contributed by atoms with van der Waals surface area (Å²) in [7, 11) is 0. The van der Waals surface area contributed by atoms with E-state index in [2.05, 4.69) is 0 Å². The highest BCUT2D eigenvalue weighted by atomic mass is 16.6. The molecule has 194 valence electrons. The van der Waals surface area contributed by atoms with Gasteiger partial charge in [-0.1, -0.05) is 19.3 Å². The first-order valence-corrected chi connectivity index (χ1v) is 12.2. The summed E-state index contributed by atoms with van der Waals surface area (Å²) in [6.07, 6.45) is 8.58. The molecule has 0 saturated heterocycles. The monoisotopic (exact) mass is 490 g/mol. The predicted molar refractivity (Wildman–Crippen MR) is 128 cm³/mol. The lowest BCUT2D eigenvalue weighted by Gasteiger charge is -2.25. The van der Waals surface area contributed by atoms with Crippen molar-refractivity contribution < 1.29 is 18.9 Å². The van der Waals surface area contributed by atoms with Crippen LogP contribution in [0.1, 0.15) is 68.2 Å². The maximum absolute atomic E-state index is 12.8. The molecule has 12 heteroatoms. The first-order valence-electron chi connectivity index (χ1n) is 12.2. The van der Waals surface area contributed by atoms with Crippen LogP contribution in [0.4, 0.5) is 0 Å². The highest BCUT2D eigenvalue weighted by Gasteiger charge is 2.34. The van der Waals surface area contributed by atoms with Crippen molar-refractivity contribution in [3.8, 4) is 23.0 Å². The number of hydrogen-bond acceptors (Lipinski definition) is 10. The first kappa shape index (κ1) is 23.9. The molecule has 1 aliphatic carbocycles. The number of aromatic nitrogens is 2. The quantitative estimate of drug-likeness (QED) is 0.446. The SMILES string of the molecule is NC1(N)COc2cn([O-])c(C3CCCCC(c4c5c(cn4[O-])OCC(N)(N)CO5)CCC3)c2OC1. The van der Waals surface area contributed by atoms with Crippen molar-refractivity contribution in [2.45, 2.75) is 68.1 Å². The van der Waals surface area contributed by atoms with E-state index in [1.165, 1.54) is 12.4 Å². The van der Waals surface area contributed by atoms with Crippen LogP contribution in [-0.2, 0) is 0 Å². The summed E-state index contributed by atoms with van der Waals surface area (Å²) in [6.45, 7) is 0.255. The van der Waals surface area contributed by atoms with Crippen LogP contribution in [0, 0.1) is 10.4 Å². The summed E-state index contributed by atoms with van der Waals surface area (Å²) in [5.74, 6) is 1.63. The van der Waals surface area contributed by atoms with Crippen molar-refractivity contribution in [2.75, 3.05) is 26.4 Å². The van der Waals surface area contributed by atoms with Gasteiger partial charge in [-0.3, -0.25) is 0 Å². The summed E-state index contributed by atoms with van der Waals surface area (Å²) in [5.41, 5.74) is 22.8. The van der Waals surface area contributed by atoms with Crippen LogP contribution >= 0.6 is 0 Å². The third-order valence-electron chi connectivity index (χ3n) is 7.05. The summed E-state index contributed by atoms with van der Waals surface area (Å²) in [6, 6.07) is 0. The normalized spacial score (nSPS) is 26.1. The number of rotatable bonds is 2. The molecule has 2 unspecified atom stereocenters. The Morgan fingerprint density at radius 3 is 1.43 bits per heavy atom. The van der Waals surface area contributed by atoms with Crippen LogP contribution in [0.15, 0.2) is 12.4 Å². The molecule has 1 fully saturated rings. The topological polar surface area (TPSA) is 197 Å². The van der Waals surface area contributed by atoms with Gasteiger partial charge < -0.3 is 61.8 Å². The van der Waals surface area contributed by atoms with Gasteiger partial charge in [0.1, 0.15) is 37.8 Å². The van der Waals surface area contributed by atoms with Gasteiger partial charge in [-0.05, 0) is 25.7 Å². The van der Waals surface area contributed by atoms with Gasteiger partial charge in [0.25, 0.3) is 0 Å². The molecule has 12 nitrogen and oxygen atoms in total. The molecule has 4 heterocycles. The Kier molecular flexibility index (Phi) is 6.16. The van der Waals surface area contributed by atoms with E-state index in [4.69, 9.17) is 41.9 Å². The second-order valence-corrected chi connectivity index (χ2v) is 10.3. The second kappa shape index (κ2) is 9.01. The molecule has 1 saturated carbocycles. The third-order valence-corrected chi connectivity index (χ3v) is 7.05. The Hall–Kier alpha value is -2.80. The number of hydrogen-bond donors (Lipinski definition) is 4. The molecule has 5 rings (SSSR count). The summed E-state index contributed by atoms with van der Waals surface area (Å²) < 4.78 is 24.8. The first-order chi connectivity index (χ1) is 16.6. The maximum atomic E-state index is 12.8. The number of nitrogens with two attached hydrogens (primary N) is 4. The van der Waals surface area contributed by atoms with Gasteiger partial charge in [-0.2, -0.15) is 0 Å². The van der Waals surface area contributed by atoms with Gasteiger partial charge in [0.05, 0.1) is 11.4 Å². The van der Waals surface area contributed by atoms with Crippen molar-refractivity contribution in [1.29, 1.82) is 0 Å². The molecule has 0 radical (unpaired) electrons. The van der Waals surface area contributed by atoms with Gasteiger partial charge in [-0.25, -0.2) is 0 Å². The van der Waals surface area contributed by atoms with E-state index in [1.54, 1.807) is 0 Å². The molecule has 8 N–H and O–H groups in total. The van der Waals surface area contributed by atoms with E-state index in [9.17, 15) is 10.4 Å². The fraction of sp³-hybridized carbons (Fsp3) is 0.652. The summed E-state index contributed by atoms with van der Waals surface area (Å²) in [5, 5.41) is 25.6. The van der Waals surface area contributed by atoms with E-state index in [-0.39, 0.29) is 38.3 Å². The maximum Gasteiger partial charge on any atom is 0.182 e. The van der Waals surface area contributed by atoms with Crippen molar-refractivity contribution >= 4 is 0 Å². The summed E-state index contributed by atoms with van der Waals surface area (Å²) >= 11 is 0. The Bertz CT molecular complexity index is 981. The average molecular weight is 491 g/mol. The molecule has 35 heavy (non-hydrogen) atoms. The Balaban J connectivity index is 1.33. The second-order valence-electron chi connectivity index (χ2n) is 10.3. The minimum Gasteiger partial charge on any atom is -0.806 e. The average Bonchev–Trinajstić information content (AvgIpc) is 3.22. The lowest BCUT2D eigenvalue weighted by atomic mass is 9.91. The largest absolute Gasteiger partial charge is 0.806 e. The Morgan fingerprint density at radius 1 is 0.629 bits per heavy atom. The van der Waals surface area contributed by atoms with Crippen LogP contribution < -0.4 is 41.9 Å². The standard InChI is InChI=1S/C23H34N6O6/c24-22(25)10-32-16-8-28(30)18(20(16)34-12-22)14-4-1-2-5-15(7-3-6-14)19-21-17(9-29(19)31)33-11-23(26,27)13-35-21/h8-9,14-15H,1-7,10-13,24-27H2/q-2. The smallest absolute Gasteiger partial charge is 0.182 e. The third kappa shape index (κ3) is 4.83. The fourth-order valence-corrected chi connectivity index (χ4v) is 5.30. The zero-order valence-corrected chi connectivity index (χ0v) is 19.7. The van der Waals surface area contributed by atoms with Crippen LogP contribution in [0.25, 0.3) is 0 Å². The lowest BCUT2D eigenvalue weighted by Crippen LogP contribution is -2.58. The van der Waals surface area contributed by atoms with Crippen LogP contribution in [0.5, 0.6) is 23.0 Å². The molecule has 0 bridgehead atoms. The van der Waals surface area contributed by atoms with E-state index >= 15 is 0 Å². The predicted octanol–water partition coefficient (Wildman–Crippen LogP) is 1.36. The van der Waals surface area contributed by atoms with Crippen LogP contribution in [-0.4, -0.2) is 47.2 Å². The molecular weight excluding hydrogens is 456 g/mol. The molecule has 0 amide bonds. The zero-order valence-electron chi connectivity index (χ0n) is 19.7. The van der Waals surface area contributed by atoms with E-state index in [0.29, 0.717) is 34.4 Å². The minimum absolute atomic E-state index is 0.00696. The van der Waals surface area contributed by atoms with Gasteiger partial charge in [0.2, 0.25) is 0 Å². The molecule has 2 aromatic rings. The Labute approximate surface area is 203 Å².